The van der Waals surface area contributed by atoms with Crippen LogP contribution in [0, 0.1) is 0 Å². The fourth-order valence-corrected chi connectivity index (χ4v) is 1.59. The van der Waals surface area contributed by atoms with E-state index in [1.807, 2.05) is 0 Å². The van der Waals surface area contributed by atoms with Gasteiger partial charge < -0.3 is 14.4 Å². The van der Waals surface area contributed by atoms with E-state index in [1.54, 1.807) is 18.7 Å². The number of esters is 1. The van der Waals surface area contributed by atoms with Crippen molar-refractivity contribution >= 4 is 11.9 Å². The molecule has 17 heavy (non-hydrogen) atoms. The van der Waals surface area contributed by atoms with Gasteiger partial charge in [-0.05, 0) is 13.8 Å². The number of nitrogens with zero attached hydrogens (tertiary/aromatic N) is 1. The Morgan fingerprint density at radius 2 is 2.06 bits per heavy atom. The summed E-state index contributed by atoms with van der Waals surface area (Å²) in [6.07, 6.45) is 0. The monoisotopic (exact) mass is 244 g/mol. The second-order valence-electron chi connectivity index (χ2n) is 3.85. The normalized spacial score (nSPS) is 17.6. The zero-order valence-electron chi connectivity index (χ0n) is 10.4. The second-order valence-corrected chi connectivity index (χ2v) is 3.85. The molecule has 6 heteroatoms. The molecule has 0 aromatic rings. The van der Waals surface area contributed by atoms with E-state index in [4.69, 9.17) is 9.47 Å². The Balaban J connectivity index is 2.28. The van der Waals surface area contributed by atoms with Gasteiger partial charge in [0.15, 0.2) is 0 Å². The maximum atomic E-state index is 11.9. The lowest BCUT2D eigenvalue weighted by Crippen LogP contribution is -2.50. The minimum absolute atomic E-state index is 0.00222. The SMILES string of the molecule is CCOC(=O)CNC(C)C(=O)N1CCOCC1. The second kappa shape index (κ2) is 7.24. The first-order valence-electron chi connectivity index (χ1n) is 5.90. The van der Waals surface area contributed by atoms with Crippen LogP contribution in [0.3, 0.4) is 0 Å². The summed E-state index contributed by atoms with van der Waals surface area (Å²) in [7, 11) is 0. The highest BCUT2D eigenvalue weighted by Gasteiger charge is 2.22. The molecular weight excluding hydrogens is 224 g/mol. The van der Waals surface area contributed by atoms with Gasteiger partial charge >= 0.3 is 5.97 Å². The van der Waals surface area contributed by atoms with Crippen molar-refractivity contribution in [3.8, 4) is 0 Å². The maximum absolute atomic E-state index is 11.9. The maximum Gasteiger partial charge on any atom is 0.319 e. The van der Waals surface area contributed by atoms with Gasteiger partial charge in [0, 0.05) is 13.1 Å². The highest BCUT2D eigenvalue weighted by Crippen LogP contribution is 2.00. The Morgan fingerprint density at radius 1 is 1.41 bits per heavy atom. The summed E-state index contributed by atoms with van der Waals surface area (Å²) in [6.45, 7) is 6.30. The molecule has 1 unspecified atom stereocenters. The number of hydrogen-bond donors (Lipinski definition) is 1. The molecule has 1 rings (SSSR count). The number of carbonyl (C=O) groups excluding carboxylic acids is 2. The Hall–Kier alpha value is -1.14. The number of nitrogens with one attached hydrogen (secondary N) is 1. The van der Waals surface area contributed by atoms with E-state index < -0.39 is 0 Å². The lowest BCUT2D eigenvalue weighted by molar-refractivity contribution is -0.142. The Morgan fingerprint density at radius 3 is 2.65 bits per heavy atom. The van der Waals surface area contributed by atoms with Crippen LogP contribution in [-0.2, 0) is 19.1 Å². The molecular formula is C11H20N2O4. The fraction of sp³-hybridized carbons (Fsp3) is 0.818. The van der Waals surface area contributed by atoms with Crippen molar-refractivity contribution in [3.05, 3.63) is 0 Å². The Labute approximate surface area is 101 Å². The van der Waals surface area contributed by atoms with Crippen LogP contribution < -0.4 is 5.32 Å². The Kier molecular flexibility index (Phi) is 5.93. The van der Waals surface area contributed by atoms with Gasteiger partial charge in [-0.3, -0.25) is 14.9 Å². The third-order valence-electron chi connectivity index (χ3n) is 2.55. The first-order chi connectivity index (χ1) is 8.15. The average Bonchev–Trinajstić information content (AvgIpc) is 2.36. The summed E-state index contributed by atoms with van der Waals surface area (Å²) in [5.41, 5.74) is 0. The molecule has 1 amide bonds. The molecule has 1 heterocycles. The molecule has 1 aliphatic rings. The molecule has 0 aromatic carbocycles. The van der Waals surface area contributed by atoms with Crippen molar-refractivity contribution in [2.45, 2.75) is 19.9 Å². The van der Waals surface area contributed by atoms with Gasteiger partial charge in [0.2, 0.25) is 5.91 Å². The lowest BCUT2D eigenvalue weighted by atomic mass is 10.2. The molecule has 0 bridgehead atoms. The topological polar surface area (TPSA) is 67.9 Å². The zero-order valence-corrected chi connectivity index (χ0v) is 10.4. The van der Waals surface area contributed by atoms with Crippen LogP contribution >= 0.6 is 0 Å². The molecule has 0 spiro atoms. The fourth-order valence-electron chi connectivity index (χ4n) is 1.59. The van der Waals surface area contributed by atoms with Gasteiger partial charge in [0.25, 0.3) is 0 Å². The summed E-state index contributed by atoms with van der Waals surface area (Å²) >= 11 is 0. The molecule has 6 nitrogen and oxygen atoms in total. The third-order valence-corrected chi connectivity index (χ3v) is 2.55. The van der Waals surface area contributed by atoms with Crippen LogP contribution in [0.15, 0.2) is 0 Å². The van der Waals surface area contributed by atoms with Crippen molar-refractivity contribution < 1.29 is 19.1 Å². The van der Waals surface area contributed by atoms with Crippen LogP contribution in [0.1, 0.15) is 13.8 Å². The van der Waals surface area contributed by atoms with Crippen LogP contribution in [0.5, 0.6) is 0 Å². The predicted molar refractivity (Wildman–Crippen MR) is 61.5 cm³/mol. The summed E-state index contributed by atoms with van der Waals surface area (Å²) in [6, 6.07) is -0.377. The van der Waals surface area contributed by atoms with Gasteiger partial charge in [-0.2, -0.15) is 0 Å². The molecule has 0 radical (unpaired) electrons. The molecule has 1 N–H and O–H groups in total. The molecule has 1 saturated heterocycles. The number of hydrogen-bond acceptors (Lipinski definition) is 5. The summed E-state index contributed by atoms with van der Waals surface area (Å²) < 4.78 is 9.94. The number of ether oxygens (including phenoxy) is 2. The van der Waals surface area contributed by atoms with E-state index in [1.165, 1.54) is 0 Å². The first kappa shape index (κ1) is 13.9. The van der Waals surface area contributed by atoms with E-state index in [-0.39, 0.29) is 24.5 Å². The zero-order chi connectivity index (χ0) is 12.7. The minimum Gasteiger partial charge on any atom is -0.465 e. The first-order valence-corrected chi connectivity index (χ1v) is 5.90. The van der Waals surface area contributed by atoms with Crippen molar-refractivity contribution in [3.63, 3.8) is 0 Å². The molecule has 0 aromatic heterocycles. The van der Waals surface area contributed by atoms with E-state index in [2.05, 4.69) is 5.32 Å². The summed E-state index contributed by atoms with van der Waals surface area (Å²) in [5, 5.41) is 2.86. The molecule has 98 valence electrons. The Bertz CT molecular complexity index is 264. The number of morpholine rings is 1. The van der Waals surface area contributed by atoms with Crippen molar-refractivity contribution in [2.24, 2.45) is 0 Å². The van der Waals surface area contributed by atoms with E-state index in [0.717, 1.165) is 0 Å². The molecule has 1 aliphatic heterocycles. The van der Waals surface area contributed by atoms with Crippen LogP contribution in [0.25, 0.3) is 0 Å². The van der Waals surface area contributed by atoms with Crippen LogP contribution in [0.2, 0.25) is 0 Å². The highest BCUT2D eigenvalue weighted by atomic mass is 16.5. The molecule has 1 atom stereocenters. The smallest absolute Gasteiger partial charge is 0.319 e. The van der Waals surface area contributed by atoms with E-state index in [9.17, 15) is 9.59 Å². The van der Waals surface area contributed by atoms with Gasteiger partial charge in [0.1, 0.15) is 0 Å². The van der Waals surface area contributed by atoms with Gasteiger partial charge in [-0.15, -0.1) is 0 Å². The van der Waals surface area contributed by atoms with Crippen LogP contribution in [0.4, 0.5) is 0 Å². The van der Waals surface area contributed by atoms with Gasteiger partial charge in [0.05, 0.1) is 32.4 Å². The van der Waals surface area contributed by atoms with Crippen LogP contribution in [-0.4, -0.2) is 62.3 Å². The van der Waals surface area contributed by atoms with Crippen molar-refractivity contribution in [2.75, 3.05) is 39.5 Å². The quantitative estimate of drug-likeness (QED) is 0.653. The standard InChI is InChI=1S/C11H20N2O4/c1-3-17-10(14)8-12-9(2)11(15)13-4-6-16-7-5-13/h9,12H,3-8H2,1-2H3. The largest absolute Gasteiger partial charge is 0.465 e. The predicted octanol–water partition coefficient (Wildman–Crippen LogP) is -0.614. The summed E-state index contributed by atoms with van der Waals surface area (Å²) in [4.78, 5) is 24.8. The van der Waals surface area contributed by atoms with Crippen molar-refractivity contribution in [1.82, 2.24) is 10.2 Å². The summed E-state index contributed by atoms with van der Waals surface area (Å²) in [5.74, 6) is -0.341. The number of carbonyl (C=O) groups is 2. The average molecular weight is 244 g/mol. The van der Waals surface area contributed by atoms with E-state index in [0.29, 0.717) is 32.9 Å². The molecule has 0 aliphatic carbocycles. The lowest BCUT2D eigenvalue weighted by Gasteiger charge is -2.29. The highest BCUT2D eigenvalue weighted by molar-refractivity contribution is 5.82. The number of rotatable bonds is 5. The minimum atomic E-state index is -0.377. The molecule has 0 saturated carbocycles. The van der Waals surface area contributed by atoms with E-state index >= 15 is 0 Å². The van der Waals surface area contributed by atoms with Crippen molar-refractivity contribution in [1.29, 1.82) is 0 Å². The molecule has 1 fully saturated rings. The van der Waals surface area contributed by atoms with Gasteiger partial charge in [-0.1, -0.05) is 0 Å². The van der Waals surface area contributed by atoms with Gasteiger partial charge in [-0.25, -0.2) is 0 Å². The number of amides is 1. The third kappa shape index (κ3) is 4.70.